The molecule has 0 saturated carbocycles. The van der Waals surface area contributed by atoms with Crippen LogP contribution in [0.3, 0.4) is 0 Å². The van der Waals surface area contributed by atoms with Gasteiger partial charge in [0, 0.05) is 16.3 Å². The highest BCUT2D eigenvalue weighted by atomic mass is 35.5. The second kappa shape index (κ2) is 14.1. The number of urea groups is 1. The van der Waals surface area contributed by atoms with Crippen LogP contribution in [0.15, 0.2) is 46.7 Å². The summed E-state index contributed by atoms with van der Waals surface area (Å²) in [5.41, 5.74) is 4.33. The van der Waals surface area contributed by atoms with Crippen molar-refractivity contribution in [2.24, 2.45) is 5.10 Å². The molecule has 0 radical (unpaired) electrons. The van der Waals surface area contributed by atoms with Gasteiger partial charge in [0.25, 0.3) is 0 Å². The fourth-order valence-electron chi connectivity index (χ4n) is 3.85. The van der Waals surface area contributed by atoms with Gasteiger partial charge in [0.05, 0.1) is 42.7 Å². The van der Waals surface area contributed by atoms with Crippen molar-refractivity contribution in [3.05, 3.63) is 62.8 Å². The SMILES string of the molecule is CCOc1cc([C@H]2NC(=O)NC(C)=C2C(=O)OC)ccc1OC[C@@H](O)N/N=C/c1cc(Cl)cc(Cl)c1OC(C)C. The van der Waals surface area contributed by atoms with Gasteiger partial charge >= 0.3 is 12.0 Å². The topological polar surface area (TPSA) is 140 Å². The molecule has 0 bridgehead atoms. The van der Waals surface area contributed by atoms with Gasteiger partial charge in [-0.3, -0.25) is 5.43 Å². The molecule has 2 atom stereocenters. The normalized spacial score (nSPS) is 15.9. The third-order valence-electron chi connectivity index (χ3n) is 5.49. The number of carbonyl (C=O) groups is 2. The average Bonchev–Trinajstić information content (AvgIpc) is 2.89. The second-order valence-electron chi connectivity index (χ2n) is 8.89. The predicted molar refractivity (Wildman–Crippen MR) is 151 cm³/mol. The number of nitrogens with one attached hydrogen (secondary N) is 3. The highest BCUT2D eigenvalue weighted by Crippen LogP contribution is 2.35. The van der Waals surface area contributed by atoms with E-state index in [1.807, 2.05) is 13.8 Å². The molecule has 1 heterocycles. The fourth-order valence-corrected chi connectivity index (χ4v) is 4.40. The number of methoxy groups -OCH3 is 1. The lowest BCUT2D eigenvalue weighted by Gasteiger charge is -2.28. The molecule has 3 rings (SSSR count). The number of aliphatic hydroxyl groups is 1. The van der Waals surface area contributed by atoms with Crippen LogP contribution in [-0.4, -0.2) is 56.0 Å². The number of hydrazone groups is 1. The summed E-state index contributed by atoms with van der Waals surface area (Å²) in [6.45, 7) is 7.30. The summed E-state index contributed by atoms with van der Waals surface area (Å²) in [5.74, 6) is 0.537. The number of halogens is 2. The first-order valence-corrected chi connectivity index (χ1v) is 13.2. The van der Waals surface area contributed by atoms with Crippen LogP contribution < -0.4 is 30.3 Å². The average molecular weight is 595 g/mol. The number of benzene rings is 2. The van der Waals surface area contributed by atoms with Gasteiger partial charge in [-0.15, -0.1) is 0 Å². The fraction of sp³-hybridized carbons (Fsp3) is 0.370. The summed E-state index contributed by atoms with van der Waals surface area (Å²) in [6, 6.07) is 6.96. The standard InChI is InChI=1S/C27H32Cl2N4O7/c1-6-38-21-10-16(24-23(26(35)37-5)15(4)31-27(36)32-24)7-8-20(21)39-13-22(34)33-30-12-17-9-18(28)11-19(29)25(17)40-14(2)3/h7-12,14,22,24,33-34H,6,13H2,1-5H3,(H2,31,32,36)/b30-12+/t22-,24-/m1/s1. The summed E-state index contributed by atoms with van der Waals surface area (Å²) >= 11 is 12.4. The largest absolute Gasteiger partial charge is 0.490 e. The Hall–Kier alpha value is -3.67. The molecular formula is C27H32Cl2N4O7. The molecule has 40 heavy (non-hydrogen) atoms. The van der Waals surface area contributed by atoms with Gasteiger partial charge in [0.1, 0.15) is 12.4 Å². The van der Waals surface area contributed by atoms with Crippen LogP contribution in [0.1, 0.15) is 44.9 Å². The van der Waals surface area contributed by atoms with Crippen molar-refractivity contribution in [2.75, 3.05) is 20.3 Å². The van der Waals surface area contributed by atoms with Crippen LogP contribution in [0.25, 0.3) is 0 Å². The number of hydrogen-bond donors (Lipinski definition) is 4. The van der Waals surface area contributed by atoms with Gasteiger partial charge in [0.15, 0.2) is 17.7 Å². The maximum atomic E-state index is 12.4. The van der Waals surface area contributed by atoms with E-state index >= 15 is 0 Å². The van der Waals surface area contributed by atoms with Crippen molar-refractivity contribution >= 4 is 41.4 Å². The Labute approximate surface area is 242 Å². The molecule has 216 valence electrons. The molecule has 2 aromatic rings. The number of esters is 1. The highest BCUT2D eigenvalue weighted by Gasteiger charge is 2.32. The van der Waals surface area contributed by atoms with Gasteiger partial charge in [-0.1, -0.05) is 29.3 Å². The zero-order valence-corrected chi connectivity index (χ0v) is 24.2. The molecule has 0 aliphatic carbocycles. The van der Waals surface area contributed by atoms with E-state index in [9.17, 15) is 14.7 Å². The highest BCUT2D eigenvalue weighted by molar-refractivity contribution is 6.36. The van der Waals surface area contributed by atoms with Gasteiger partial charge < -0.3 is 34.7 Å². The summed E-state index contributed by atoms with van der Waals surface area (Å²) in [6.07, 6.45) is 0.123. The minimum Gasteiger partial charge on any atom is -0.490 e. The van der Waals surface area contributed by atoms with Gasteiger partial charge in [-0.05, 0) is 57.5 Å². The van der Waals surface area contributed by atoms with E-state index in [1.54, 1.807) is 44.2 Å². The third-order valence-corrected chi connectivity index (χ3v) is 5.99. The van der Waals surface area contributed by atoms with Gasteiger partial charge in [-0.25, -0.2) is 9.59 Å². The van der Waals surface area contributed by atoms with E-state index in [0.29, 0.717) is 50.7 Å². The van der Waals surface area contributed by atoms with Crippen molar-refractivity contribution in [1.82, 2.24) is 16.1 Å². The summed E-state index contributed by atoms with van der Waals surface area (Å²) in [7, 11) is 1.27. The molecule has 0 saturated heterocycles. The monoisotopic (exact) mass is 594 g/mol. The zero-order valence-electron chi connectivity index (χ0n) is 22.7. The Bertz CT molecular complexity index is 1300. The van der Waals surface area contributed by atoms with Crippen molar-refractivity contribution in [3.63, 3.8) is 0 Å². The van der Waals surface area contributed by atoms with Crippen LogP contribution >= 0.6 is 23.2 Å². The van der Waals surface area contributed by atoms with Crippen LogP contribution in [-0.2, 0) is 9.53 Å². The van der Waals surface area contributed by atoms with Gasteiger partial charge in [0.2, 0.25) is 0 Å². The number of amides is 2. The smallest absolute Gasteiger partial charge is 0.337 e. The van der Waals surface area contributed by atoms with Crippen molar-refractivity contribution < 1.29 is 33.6 Å². The molecule has 1 aliphatic rings. The van der Waals surface area contributed by atoms with E-state index < -0.39 is 24.3 Å². The minimum absolute atomic E-state index is 0.123. The molecule has 2 amide bonds. The van der Waals surface area contributed by atoms with Crippen molar-refractivity contribution in [1.29, 1.82) is 0 Å². The predicted octanol–water partition coefficient (Wildman–Crippen LogP) is 4.30. The summed E-state index contributed by atoms with van der Waals surface area (Å²) in [4.78, 5) is 24.5. The zero-order chi connectivity index (χ0) is 29.4. The Morgan fingerprint density at radius 1 is 1.20 bits per heavy atom. The first kappa shape index (κ1) is 30.9. The van der Waals surface area contributed by atoms with E-state index in [-0.39, 0.29) is 18.3 Å². The third kappa shape index (κ3) is 7.93. The first-order chi connectivity index (χ1) is 19.0. The van der Waals surface area contributed by atoms with Crippen LogP contribution in [0, 0.1) is 0 Å². The summed E-state index contributed by atoms with van der Waals surface area (Å²) in [5, 5.41) is 20.5. The Kier molecular flexibility index (Phi) is 10.9. The number of ether oxygens (including phenoxy) is 4. The lowest BCUT2D eigenvalue weighted by atomic mass is 9.95. The number of hydrogen-bond acceptors (Lipinski definition) is 9. The Morgan fingerprint density at radius 2 is 1.95 bits per heavy atom. The van der Waals surface area contributed by atoms with E-state index in [4.69, 9.17) is 42.1 Å². The molecule has 0 fully saturated rings. The second-order valence-corrected chi connectivity index (χ2v) is 9.73. The molecule has 13 heteroatoms. The number of allylic oxidation sites excluding steroid dienone is 1. The van der Waals surface area contributed by atoms with Crippen molar-refractivity contribution in [3.8, 4) is 17.2 Å². The molecule has 4 N–H and O–H groups in total. The molecule has 0 spiro atoms. The van der Waals surface area contributed by atoms with Crippen molar-refractivity contribution in [2.45, 2.75) is 46.1 Å². The quantitative estimate of drug-likeness (QED) is 0.123. The maximum Gasteiger partial charge on any atom is 0.337 e. The molecule has 0 aromatic heterocycles. The van der Waals surface area contributed by atoms with Crippen LogP contribution in [0.2, 0.25) is 10.0 Å². The van der Waals surface area contributed by atoms with E-state index in [2.05, 4.69) is 21.2 Å². The number of carbonyl (C=O) groups excluding carboxylic acids is 2. The maximum absolute atomic E-state index is 12.4. The molecule has 2 aromatic carbocycles. The number of aliphatic hydroxyl groups excluding tert-OH is 1. The van der Waals surface area contributed by atoms with E-state index in [1.165, 1.54) is 13.3 Å². The lowest BCUT2D eigenvalue weighted by Crippen LogP contribution is -2.45. The van der Waals surface area contributed by atoms with E-state index in [0.717, 1.165) is 0 Å². The molecule has 11 nitrogen and oxygen atoms in total. The van der Waals surface area contributed by atoms with Crippen LogP contribution in [0.5, 0.6) is 17.2 Å². The minimum atomic E-state index is -1.19. The Balaban J connectivity index is 1.72. The Morgan fingerprint density at radius 3 is 2.62 bits per heavy atom. The summed E-state index contributed by atoms with van der Waals surface area (Å²) < 4.78 is 22.1. The first-order valence-electron chi connectivity index (χ1n) is 12.4. The molecule has 0 unspecified atom stereocenters. The van der Waals surface area contributed by atoms with Gasteiger partial charge in [-0.2, -0.15) is 5.10 Å². The number of nitrogens with zero attached hydrogens (tertiary/aromatic N) is 1. The molecular weight excluding hydrogens is 563 g/mol. The lowest BCUT2D eigenvalue weighted by molar-refractivity contribution is -0.136. The molecule has 1 aliphatic heterocycles. The van der Waals surface area contributed by atoms with Crippen LogP contribution in [0.4, 0.5) is 4.79 Å². The number of rotatable bonds is 12.